The fourth-order valence-corrected chi connectivity index (χ4v) is 3.50. The maximum absolute atomic E-state index is 8.85. The number of hydrogen-bond acceptors (Lipinski definition) is 6. The van der Waals surface area contributed by atoms with Crippen molar-refractivity contribution in [3.63, 3.8) is 0 Å². The van der Waals surface area contributed by atoms with Crippen molar-refractivity contribution in [2.75, 3.05) is 0 Å². The summed E-state index contributed by atoms with van der Waals surface area (Å²) in [6.07, 6.45) is 1.55. The minimum atomic E-state index is 0.112. The highest BCUT2D eigenvalue weighted by Gasteiger charge is 2.03. The second-order valence-electron chi connectivity index (χ2n) is 2.19. The summed E-state index contributed by atoms with van der Waals surface area (Å²) in [7, 11) is 0. The molecule has 6 heteroatoms. The summed E-state index contributed by atoms with van der Waals surface area (Å²) in [5, 5.41) is 8.85. The van der Waals surface area contributed by atoms with E-state index >= 15 is 0 Å². The zero-order valence-electron chi connectivity index (χ0n) is 6.51. The van der Waals surface area contributed by atoms with Crippen molar-refractivity contribution in [1.82, 2.24) is 9.36 Å². The van der Waals surface area contributed by atoms with Crippen LogP contribution in [0.5, 0.6) is 0 Å². The molecule has 0 spiro atoms. The predicted molar refractivity (Wildman–Crippen MR) is 54.3 cm³/mol. The molecule has 13 heavy (non-hydrogen) atoms. The van der Waals surface area contributed by atoms with Gasteiger partial charge >= 0.3 is 0 Å². The van der Waals surface area contributed by atoms with E-state index in [1.165, 1.54) is 11.5 Å². The summed E-state index contributed by atoms with van der Waals surface area (Å²) in [5.41, 5.74) is 0. The Morgan fingerprint density at radius 3 is 3.00 bits per heavy atom. The van der Waals surface area contributed by atoms with E-state index in [0.717, 1.165) is 13.4 Å². The van der Waals surface area contributed by atoms with Gasteiger partial charge in [-0.3, -0.25) is 0 Å². The normalized spacial score (nSPS) is 10.5. The first kappa shape index (κ1) is 9.14. The van der Waals surface area contributed by atoms with Crippen molar-refractivity contribution in [2.24, 2.45) is 0 Å². The molecule has 2 aromatic rings. The van der Waals surface area contributed by atoms with Crippen LogP contribution in [0.3, 0.4) is 0 Å². The van der Waals surface area contributed by atoms with Crippen LogP contribution in [0.4, 0.5) is 0 Å². The third-order valence-electron chi connectivity index (χ3n) is 1.32. The lowest BCUT2D eigenvalue weighted by molar-refractivity contribution is 0.285. The van der Waals surface area contributed by atoms with Crippen molar-refractivity contribution in [3.05, 3.63) is 23.3 Å². The van der Waals surface area contributed by atoms with Crippen molar-refractivity contribution in [2.45, 2.75) is 15.2 Å². The number of rotatable bonds is 3. The van der Waals surface area contributed by atoms with Gasteiger partial charge in [0.2, 0.25) is 0 Å². The molecule has 2 heterocycles. The van der Waals surface area contributed by atoms with E-state index in [9.17, 15) is 0 Å². The quantitative estimate of drug-likeness (QED) is 0.878. The molecular formula is C7H6N2OS3. The van der Waals surface area contributed by atoms with Gasteiger partial charge in [-0.15, -0.1) is 11.3 Å². The average molecular weight is 230 g/mol. The van der Waals surface area contributed by atoms with E-state index in [-0.39, 0.29) is 6.61 Å². The van der Waals surface area contributed by atoms with Crippen LogP contribution in [0, 0.1) is 0 Å². The highest BCUT2D eigenvalue weighted by atomic mass is 32.2. The molecule has 0 atom stereocenters. The van der Waals surface area contributed by atoms with Gasteiger partial charge in [-0.1, -0.05) is 0 Å². The van der Waals surface area contributed by atoms with Gasteiger partial charge < -0.3 is 5.11 Å². The van der Waals surface area contributed by atoms with Gasteiger partial charge in [0, 0.05) is 4.88 Å². The molecule has 0 amide bonds. The highest BCUT2D eigenvalue weighted by molar-refractivity contribution is 8.02. The van der Waals surface area contributed by atoms with Crippen LogP contribution in [-0.2, 0) is 6.61 Å². The van der Waals surface area contributed by atoms with Crippen LogP contribution in [-0.4, -0.2) is 14.5 Å². The van der Waals surface area contributed by atoms with Gasteiger partial charge in [-0.25, -0.2) is 4.98 Å². The Hall–Kier alpha value is -0.430. The highest BCUT2D eigenvalue weighted by Crippen LogP contribution is 2.33. The zero-order chi connectivity index (χ0) is 9.10. The lowest BCUT2D eigenvalue weighted by Crippen LogP contribution is -1.69. The molecule has 0 fully saturated rings. The molecule has 1 N–H and O–H groups in total. The molecule has 2 aromatic heterocycles. The molecule has 0 aliphatic rings. The third kappa shape index (κ3) is 2.28. The second-order valence-corrected chi connectivity index (χ2v) is 5.68. The van der Waals surface area contributed by atoms with Gasteiger partial charge in [0.05, 0.1) is 10.8 Å². The summed E-state index contributed by atoms with van der Waals surface area (Å²) in [6, 6.07) is 3.91. The first-order valence-electron chi connectivity index (χ1n) is 3.52. The lowest BCUT2D eigenvalue weighted by Gasteiger charge is -1.88. The molecule has 0 bridgehead atoms. The number of hydrogen-bond donors (Lipinski definition) is 1. The Balaban J connectivity index is 2.10. The maximum Gasteiger partial charge on any atom is 0.175 e. The molecule has 0 unspecified atom stereocenters. The number of aliphatic hydroxyl groups excluding tert-OH is 1. The minimum Gasteiger partial charge on any atom is -0.391 e. The van der Waals surface area contributed by atoms with Crippen molar-refractivity contribution in [1.29, 1.82) is 0 Å². The van der Waals surface area contributed by atoms with E-state index in [0.29, 0.717) is 0 Å². The van der Waals surface area contributed by atoms with E-state index in [1.807, 2.05) is 12.1 Å². The monoisotopic (exact) mass is 230 g/mol. The van der Waals surface area contributed by atoms with Crippen LogP contribution in [0.2, 0.25) is 0 Å². The van der Waals surface area contributed by atoms with Crippen LogP contribution in [0.1, 0.15) is 4.88 Å². The minimum absolute atomic E-state index is 0.112. The summed E-state index contributed by atoms with van der Waals surface area (Å²) in [6.45, 7) is 0.112. The Kier molecular flexibility index (Phi) is 2.94. The van der Waals surface area contributed by atoms with Crippen LogP contribution in [0.15, 0.2) is 27.0 Å². The second kappa shape index (κ2) is 4.19. The largest absolute Gasteiger partial charge is 0.391 e. The van der Waals surface area contributed by atoms with Gasteiger partial charge in [-0.2, -0.15) is 4.37 Å². The molecule has 0 saturated heterocycles. The first-order valence-corrected chi connectivity index (χ1v) is 5.93. The van der Waals surface area contributed by atoms with Gasteiger partial charge in [0.1, 0.15) is 6.33 Å². The summed E-state index contributed by atoms with van der Waals surface area (Å²) in [5.74, 6) is 0. The van der Waals surface area contributed by atoms with Crippen LogP contribution >= 0.6 is 34.6 Å². The number of nitrogens with zero attached hydrogens (tertiary/aromatic N) is 2. The van der Waals surface area contributed by atoms with E-state index in [4.69, 9.17) is 5.11 Å². The van der Waals surface area contributed by atoms with E-state index < -0.39 is 0 Å². The fraction of sp³-hybridized carbons (Fsp3) is 0.143. The summed E-state index contributed by atoms with van der Waals surface area (Å²) in [4.78, 5) is 5.04. The molecule has 0 saturated carbocycles. The Bertz CT molecular complexity index is 371. The molecule has 68 valence electrons. The van der Waals surface area contributed by atoms with Crippen LogP contribution < -0.4 is 0 Å². The maximum atomic E-state index is 8.85. The lowest BCUT2D eigenvalue weighted by atomic mass is 10.5. The molecular weight excluding hydrogens is 224 g/mol. The molecule has 0 aromatic carbocycles. The van der Waals surface area contributed by atoms with Crippen molar-refractivity contribution < 1.29 is 5.11 Å². The fourth-order valence-electron chi connectivity index (χ4n) is 0.792. The smallest absolute Gasteiger partial charge is 0.175 e. The van der Waals surface area contributed by atoms with E-state index in [2.05, 4.69) is 9.36 Å². The number of aromatic nitrogens is 2. The van der Waals surface area contributed by atoms with Gasteiger partial charge in [0.25, 0.3) is 0 Å². The molecule has 0 radical (unpaired) electrons. The van der Waals surface area contributed by atoms with E-state index in [1.54, 1.807) is 29.4 Å². The van der Waals surface area contributed by atoms with Crippen molar-refractivity contribution in [3.8, 4) is 0 Å². The third-order valence-corrected chi connectivity index (χ3v) is 4.24. The summed E-state index contributed by atoms with van der Waals surface area (Å²) >= 11 is 4.55. The SMILES string of the molecule is OCc1ccc(Sc2ncns2)s1. The van der Waals surface area contributed by atoms with Crippen LogP contribution in [0.25, 0.3) is 0 Å². The number of thiophene rings is 1. The average Bonchev–Trinajstić information content (AvgIpc) is 2.76. The molecule has 2 rings (SSSR count). The standard InChI is InChI=1S/C7H6N2OS3/c10-3-5-1-2-6(11-5)12-7-8-4-9-13-7/h1-2,4,10H,3H2. The Labute approximate surface area is 87.6 Å². The van der Waals surface area contributed by atoms with Crippen molar-refractivity contribution >= 4 is 34.6 Å². The topological polar surface area (TPSA) is 46.0 Å². The molecule has 0 aliphatic carbocycles. The van der Waals surface area contributed by atoms with Gasteiger partial charge in [-0.05, 0) is 35.4 Å². The molecule has 0 aliphatic heterocycles. The zero-order valence-corrected chi connectivity index (χ0v) is 8.96. The summed E-state index contributed by atoms with van der Waals surface area (Å²) < 4.78 is 5.99. The predicted octanol–water partition coefficient (Wildman–Crippen LogP) is 2.24. The first-order chi connectivity index (χ1) is 6.38. The number of aliphatic hydroxyl groups is 1. The van der Waals surface area contributed by atoms with Gasteiger partial charge in [0.15, 0.2) is 4.34 Å². The Morgan fingerprint density at radius 2 is 2.38 bits per heavy atom. The Morgan fingerprint density at radius 1 is 1.46 bits per heavy atom. The molecule has 3 nitrogen and oxygen atoms in total.